The molecule has 0 saturated heterocycles. The van der Waals surface area contributed by atoms with E-state index in [0.717, 1.165) is 0 Å². The van der Waals surface area contributed by atoms with Crippen LogP contribution in [0.3, 0.4) is 0 Å². The van der Waals surface area contributed by atoms with Crippen LogP contribution in [-0.4, -0.2) is 33.9 Å². The van der Waals surface area contributed by atoms with Crippen LogP contribution in [0.15, 0.2) is 22.6 Å². The summed E-state index contributed by atoms with van der Waals surface area (Å²) in [7, 11) is 0. The molecule has 20 heavy (non-hydrogen) atoms. The van der Waals surface area contributed by atoms with Crippen molar-refractivity contribution < 1.29 is 33.7 Å². The van der Waals surface area contributed by atoms with Gasteiger partial charge in [0.05, 0.1) is 0 Å². The monoisotopic (exact) mass is 277 g/mol. The lowest BCUT2D eigenvalue weighted by molar-refractivity contribution is 0.0624. The highest BCUT2D eigenvalue weighted by molar-refractivity contribution is 5.98. The third-order valence-electron chi connectivity index (χ3n) is 2.64. The summed E-state index contributed by atoms with van der Waals surface area (Å²) in [6, 6.07) is 4.70. The van der Waals surface area contributed by atoms with Gasteiger partial charge in [0, 0.05) is 5.56 Å². The van der Waals surface area contributed by atoms with Gasteiger partial charge in [-0.25, -0.2) is 14.6 Å². The number of aromatic carboxylic acids is 2. The Morgan fingerprint density at radius 3 is 2.50 bits per heavy atom. The van der Waals surface area contributed by atoms with E-state index in [1.54, 1.807) is 12.1 Å². The average molecular weight is 277 g/mol. The van der Waals surface area contributed by atoms with Crippen LogP contribution >= 0.6 is 0 Å². The summed E-state index contributed by atoms with van der Waals surface area (Å²) in [6.45, 7) is 0.0884. The topological polar surface area (TPSA) is 119 Å². The van der Waals surface area contributed by atoms with Gasteiger partial charge < -0.3 is 24.1 Å². The van der Waals surface area contributed by atoms with Gasteiger partial charge in [-0.1, -0.05) is 0 Å². The lowest BCUT2D eigenvalue weighted by atomic mass is 10.2. The van der Waals surface area contributed by atoms with E-state index in [4.69, 9.17) is 24.1 Å². The third-order valence-corrected chi connectivity index (χ3v) is 2.64. The molecule has 0 bridgehead atoms. The van der Waals surface area contributed by atoms with E-state index in [1.807, 2.05) is 0 Å². The van der Waals surface area contributed by atoms with Gasteiger partial charge in [-0.15, -0.1) is 0 Å². The molecule has 0 saturated carbocycles. The van der Waals surface area contributed by atoms with Gasteiger partial charge in [0.2, 0.25) is 24.1 Å². The largest absolute Gasteiger partial charge is 0.476 e. The van der Waals surface area contributed by atoms with Crippen LogP contribution in [0.5, 0.6) is 11.5 Å². The number of ether oxygens (including phenoxy) is 2. The van der Waals surface area contributed by atoms with Gasteiger partial charge in [0.1, 0.15) is 0 Å². The molecule has 102 valence electrons. The van der Waals surface area contributed by atoms with Crippen molar-refractivity contribution in [3.8, 4) is 23.0 Å². The summed E-state index contributed by atoms with van der Waals surface area (Å²) in [5, 5.41) is 17.8. The standard InChI is InChI=1S/C12H7NO7/c14-11(15)8-9(12(16)17)20-10(13-8)5-1-2-6-7(3-5)19-4-18-6/h1-3H,4H2,(H,14,15)(H,16,17). The molecule has 2 N–H and O–H groups in total. The lowest BCUT2D eigenvalue weighted by Gasteiger charge is -1.98. The first kappa shape index (κ1) is 12.0. The molecule has 0 unspecified atom stereocenters. The Morgan fingerprint density at radius 1 is 1.10 bits per heavy atom. The molecule has 2 heterocycles. The number of carboxylic acid groups (broad SMARTS) is 2. The second-order valence-corrected chi connectivity index (χ2v) is 3.88. The Hall–Kier alpha value is -3.03. The van der Waals surface area contributed by atoms with Crippen LogP contribution < -0.4 is 9.47 Å². The van der Waals surface area contributed by atoms with Crippen molar-refractivity contribution in [1.82, 2.24) is 4.98 Å². The molecule has 0 atom stereocenters. The maximum absolute atomic E-state index is 10.9. The van der Waals surface area contributed by atoms with Gasteiger partial charge >= 0.3 is 11.9 Å². The van der Waals surface area contributed by atoms with Crippen LogP contribution in [0.1, 0.15) is 21.0 Å². The van der Waals surface area contributed by atoms with Gasteiger partial charge in [0.25, 0.3) is 0 Å². The zero-order chi connectivity index (χ0) is 14.3. The fraction of sp³-hybridized carbons (Fsp3) is 0.0833. The lowest BCUT2D eigenvalue weighted by Crippen LogP contribution is -2.05. The van der Waals surface area contributed by atoms with Gasteiger partial charge in [0.15, 0.2) is 11.5 Å². The predicted octanol–water partition coefficient (Wildman–Crippen LogP) is 1.47. The SMILES string of the molecule is O=C(O)c1nc(-c2ccc3c(c2)OCO3)oc1C(=O)O. The summed E-state index contributed by atoms with van der Waals surface area (Å²) in [5.41, 5.74) is -0.255. The summed E-state index contributed by atoms with van der Waals surface area (Å²) in [4.78, 5) is 25.5. The van der Waals surface area contributed by atoms with E-state index in [9.17, 15) is 9.59 Å². The average Bonchev–Trinajstić information content (AvgIpc) is 3.04. The number of hydrogen-bond acceptors (Lipinski definition) is 6. The van der Waals surface area contributed by atoms with E-state index in [2.05, 4.69) is 4.98 Å². The molecule has 0 aliphatic carbocycles. The molecule has 3 rings (SSSR count). The number of oxazole rings is 1. The number of fused-ring (bicyclic) bond motifs is 1. The van der Waals surface area contributed by atoms with E-state index < -0.39 is 23.4 Å². The number of rotatable bonds is 3. The molecular formula is C12H7NO7. The van der Waals surface area contributed by atoms with Gasteiger partial charge in [-0.05, 0) is 18.2 Å². The molecule has 1 aliphatic heterocycles. The molecular weight excluding hydrogens is 270 g/mol. The quantitative estimate of drug-likeness (QED) is 0.865. The van der Waals surface area contributed by atoms with Crippen LogP contribution in [0.4, 0.5) is 0 Å². The molecule has 1 aromatic carbocycles. The number of carbonyl (C=O) groups is 2. The van der Waals surface area contributed by atoms with Crippen LogP contribution in [-0.2, 0) is 0 Å². The van der Waals surface area contributed by atoms with Gasteiger partial charge in [-0.2, -0.15) is 0 Å². The minimum Gasteiger partial charge on any atom is -0.476 e. The highest BCUT2D eigenvalue weighted by Gasteiger charge is 2.26. The molecule has 0 spiro atoms. The summed E-state index contributed by atoms with van der Waals surface area (Å²) >= 11 is 0. The highest BCUT2D eigenvalue weighted by Crippen LogP contribution is 2.36. The van der Waals surface area contributed by atoms with Crippen molar-refractivity contribution in [2.24, 2.45) is 0 Å². The summed E-state index contributed by atoms with van der Waals surface area (Å²) in [5.74, 6) is -2.81. The molecule has 8 nitrogen and oxygen atoms in total. The maximum atomic E-state index is 10.9. The van der Waals surface area contributed by atoms with Crippen LogP contribution in [0.25, 0.3) is 11.5 Å². The fourth-order valence-corrected chi connectivity index (χ4v) is 1.76. The zero-order valence-electron chi connectivity index (χ0n) is 9.82. The van der Waals surface area contributed by atoms with Crippen molar-refractivity contribution in [2.75, 3.05) is 6.79 Å². The van der Waals surface area contributed by atoms with Gasteiger partial charge in [-0.3, -0.25) is 0 Å². The molecule has 0 radical (unpaired) electrons. The molecule has 0 fully saturated rings. The Kier molecular flexibility index (Phi) is 2.56. The zero-order valence-corrected chi connectivity index (χ0v) is 9.82. The van der Waals surface area contributed by atoms with Crippen molar-refractivity contribution in [3.63, 3.8) is 0 Å². The maximum Gasteiger partial charge on any atom is 0.374 e. The fourth-order valence-electron chi connectivity index (χ4n) is 1.76. The minimum absolute atomic E-state index is 0.0884. The van der Waals surface area contributed by atoms with Crippen molar-refractivity contribution in [1.29, 1.82) is 0 Å². The van der Waals surface area contributed by atoms with Crippen molar-refractivity contribution >= 4 is 11.9 Å². The number of nitrogens with zero attached hydrogens (tertiary/aromatic N) is 1. The van der Waals surface area contributed by atoms with Crippen molar-refractivity contribution in [2.45, 2.75) is 0 Å². The van der Waals surface area contributed by atoms with Crippen LogP contribution in [0.2, 0.25) is 0 Å². The van der Waals surface area contributed by atoms with Crippen molar-refractivity contribution in [3.05, 3.63) is 29.7 Å². The Balaban J connectivity index is 2.08. The molecule has 1 aromatic heterocycles. The summed E-state index contributed by atoms with van der Waals surface area (Å²) < 4.78 is 15.3. The Labute approximate surface area is 111 Å². The number of hydrogen-bond donors (Lipinski definition) is 2. The second-order valence-electron chi connectivity index (χ2n) is 3.88. The summed E-state index contributed by atoms with van der Waals surface area (Å²) in [6.07, 6.45) is 0. The molecule has 2 aromatic rings. The molecule has 0 amide bonds. The first-order chi connectivity index (χ1) is 9.56. The predicted molar refractivity (Wildman–Crippen MR) is 62.0 cm³/mol. The van der Waals surface area contributed by atoms with E-state index in [1.165, 1.54) is 6.07 Å². The first-order valence-corrected chi connectivity index (χ1v) is 5.43. The minimum atomic E-state index is -1.50. The van der Waals surface area contributed by atoms with E-state index in [-0.39, 0.29) is 12.7 Å². The first-order valence-electron chi connectivity index (χ1n) is 5.43. The third kappa shape index (κ3) is 1.83. The van der Waals surface area contributed by atoms with E-state index in [0.29, 0.717) is 17.1 Å². The second kappa shape index (κ2) is 4.26. The Morgan fingerprint density at radius 2 is 1.85 bits per heavy atom. The molecule has 8 heteroatoms. The Bertz CT molecular complexity index is 687. The highest BCUT2D eigenvalue weighted by atomic mass is 16.7. The number of carboxylic acids is 2. The van der Waals surface area contributed by atoms with E-state index >= 15 is 0 Å². The number of benzene rings is 1. The smallest absolute Gasteiger partial charge is 0.374 e. The normalized spacial score (nSPS) is 12.4. The van der Waals surface area contributed by atoms with Crippen LogP contribution in [0, 0.1) is 0 Å². The number of aromatic nitrogens is 1. The molecule has 1 aliphatic rings.